The van der Waals surface area contributed by atoms with Gasteiger partial charge in [-0.2, -0.15) is 0 Å². The maximum absolute atomic E-state index is 13.0. The van der Waals surface area contributed by atoms with Crippen molar-refractivity contribution in [3.05, 3.63) is 29.6 Å². The molecular weight excluding hydrogens is 259 g/mol. The molecule has 6 heteroatoms. The van der Waals surface area contributed by atoms with E-state index >= 15 is 0 Å². The topological polar surface area (TPSA) is 66.8 Å². The fourth-order valence-electron chi connectivity index (χ4n) is 1.43. The number of carbonyl (C=O) groups is 1. The largest absolute Gasteiger partial charge is 0.496 e. The summed E-state index contributed by atoms with van der Waals surface area (Å²) < 4.78 is 17.9. The lowest BCUT2D eigenvalue weighted by Gasteiger charge is -2.19. The molecule has 0 spiro atoms. The zero-order valence-corrected chi connectivity index (χ0v) is 10.9. The third-order valence-corrected chi connectivity index (χ3v) is 3.25. The lowest BCUT2D eigenvalue weighted by Crippen LogP contribution is -2.22. The van der Waals surface area contributed by atoms with E-state index in [-0.39, 0.29) is 22.2 Å². The maximum atomic E-state index is 13.0. The van der Waals surface area contributed by atoms with Crippen molar-refractivity contribution in [2.24, 2.45) is 0 Å². The van der Waals surface area contributed by atoms with Crippen molar-refractivity contribution >= 4 is 16.9 Å². The van der Waals surface area contributed by atoms with Crippen molar-refractivity contribution in [2.45, 2.75) is 19.1 Å². The number of hydrogen-bond acceptors (Lipinski definition) is 5. The minimum Gasteiger partial charge on any atom is -0.496 e. The number of aliphatic hydroxyl groups is 2. The molecule has 1 aromatic carbocycles. The van der Waals surface area contributed by atoms with E-state index in [2.05, 4.69) is 0 Å². The first-order chi connectivity index (χ1) is 8.45. The van der Waals surface area contributed by atoms with Gasteiger partial charge in [-0.3, -0.25) is 4.79 Å². The van der Waals surface area contributed by atoms with Gasteiger partial charge < -0.3 is 14.9 Å². The molecule has 0 heterocycles. The Balaban J connectivity index is 2.82. The number of rotatable bonds is 5. The minimum absolute atomic E-state index is 0.0665. The highest BCUT2D eigenvalue weighted by molar-refractivity contribution is 8.13. The van der Waals surface area contributed by atoms with Gasteiger partial charge in [-0.1, -0.05) is 11.8 Å². The average molecular weight is 274 g/mol. The summed E-state index contributed by atoms with van der Waals surface area (Å²) in [5.41, 5.74) is 0.288. The number of ether oxygens (including phenoxy) is 1. The van der Waals surface area contributed by atoms with Gasteiger partial charge in [0.1, 0.15) is 17.7 Å². The number of methoxy groups -OCH3 is 1. The first-order valence-electron chi connectivity index (χ1n) is 5.28. The standard InChI is InChI=1S/C12H15FO4S/c1-7(14)18-6-10(15)12(16)9-4-3-8(13)5-11(9)17-2/h3-5,10,12,15-16H,6H2,1-2H3. The minimum atomic E-state index is -1.23. The van der Waals surface area contributed by atoms with Crippen LogP contribution in [0.2, 0.25) is 0 Å². The number of halogens is 1. The fraction of sp³-hybridized carbons (Fsp3) is 0.417. The van der Waals surface area contributed by atoms with Gasteiger partial charge in [0.2, 0.25) is 0 Å². The molecule has 0 aliphatic heterocycles. The molecule has 1 rings (SSSR count). The molecule has 0 aromatic heterocycles. The van der Waals surface area contributed by atoms with Crippen LogP contribution in [-0.2, 0) is 4.79 Å². The van der Waals surface area contributed by atoms with Crippen LogP contribution in [0.25, 0.3) is 0 Å². The first-order valence-corrected chi connectivity index (χ1v) is 6.27. The molecule has 4 nitrogen and oxygen atoms in total. The second-order valence-electron chi connectivity index (χ2n) is 3.70. The molecule has 0 saturated heterocycles. The summed E-state index contributed by atoms with van der Waals surface area (Å²) in [4.78, 5) is 10.8. The van der Waals surface area contributed by atoms with Gasteiger partial charge in [0.25, 0.3) is 0 Å². The molecule has 0 aliphatic carbocycles. The maximum Gasteiger partial charge on any atom is 0.185 e. The number of carbonyl (C=O) groups excluding carboxylic acids is 1. The van der Waals surface area contributed by atoms with Gasteiger partial charge in [-0.05, 0) is 12.1 Å². The van der Waals surface area contributed by atoms with Crippen LogP contribution in [0.15, 0.2) is 18.2 Å². The van der Waals surface area contributed by atoms with E-state index in [0.717, 1.165) is 17.8 Å². The summed E-state index contributed by atoms with van der Waals surface area (Å²) in [7, 11) is 1.35. The summed E-state index contributed by atoms with van der Waals surface area (Å²) >= 11 is 0.915. The van der Waals surface area contributed by atoms with Crippen molar-refractivity contribution in [3.8, 4) is 5.75 Å². The monoisotopic (exact) mass is 274 g/mol. The molecule has 1 aromatic rings. The zero-order valence-electron chi connectivity index (χ0n) is 10.1. The Morgan fingerprint density at radius 2 is 2.17 bits per heavy atom. The summed E-state index contributed by atoms with van der Waals surface area (Å²) in [6.07, 6.45) is -2.36. The molecule has 0 bridgehead atoms. The van der Waals surface area contributed by atoms with Gasteiger partial charge >= 0.3 is 0 Å². The highest BCUT2D eigenvalue weighted by atomic mass is 32.2. The van der Waals surface area contributed by atoms with E-state index in [1.54, 1.807) is 0 Å². The normalized spacial score (nSPS) is 14.1. The number of aliphatic hydroxyl groups excluding tert-OH is 2. The van der Waals surface area contributed by atoms with Crippen LogP contribution >= 0.6 is 11.8 Å². The van der Waals surface area contributed by atoms with Crippen LogP contribution in [0.3, 0.4) is 0 Å². The van der Waals surface area contributed by atoms with Crippen LogP contribution in [-0.4, -0.2) is 34.3 Å². The molecule has 0 fully saturated rings. The molecule has 0 saturated carbocycles. The molecule has 2 atom stereocenters. The van der Waals surface area contributed by atoms with Gasteiger partial charge in [-0.25, -0.2) is 4.39 Å². The van der Waals surface area contributed by atoms with Gasteiger partial charge in [0, 0.05) is 24.3 Å². The Hall–Kier alpha value is -1.11. The molecule has 2 N–H and O–H groups in total. The van der Waals surface area contributed by atoms with E-state index in [1.165, 1.54) is 26.2 Å². The van der Waals surface area contributed by atoms with Crippen molar-refractivity contribution in [1.82, 2.24) is 0 Å². The Morgan fingerprint density at radius 3 is 2.72 bits per heavy atom. The fourth-order valence-corrected chi connectivity index (χ4v) is 2.02. The molecular formula is C12H15FO4S. The van der Waals surface area contributed by atoms with Crippen molar-refractivity contribution in [2.75, 3.05) is 12.9 Å². The summed E-state index contributed by atoms with van der Waals surface area (Å²) in [6.45, 7) is 1.38. The van der Waals surface area contributed by atoms with Crippen LogP contribution in [0.5, 0.6) is 5.75 Å². The Kier molecular flexibility index (Phi) is 5.58. The van der Waals surface area contributed by atoms with E-state index < -0.39 is 18.0 Å². The smallest absolute Gasteiger partial charge is 0.185 e. The predicted molar refractivity (Wildman–Crippen MR) is 67.1 cm³/mol. The third kappa shape index (κ3) is 3.97. The highest BCUT2D eigenvalue weighted by Gasteiger charge is 2.22. The average Bonchev–Trinajstić information content (AvgIpc) is 2.34. The summed E-state index contributed by atoms with van der Waals surface area (Å²) in [5, 5.41) is 19.5. The summed E-state index contributed by atoms with van der Waals surface area (Å²) in [6, 6.07) is 3.65. The molecule has 0 amide bonds. The second kappa shape index (κ2) is 6.72. The Labute approximate surface area is 109 Å². The van der Waals surface area contributed by atoms with E-state index in [0.29, 0.717) is 0 Å². The molecule has 100 valence electrons. The quantitative estimate of drug-likeness (QED) is 0.852. The van der Waals surface area contributed by atoms with Crippen LogP contribution < -0.4 is 4.74 Å². The zero-order chi connectivity index (χ0) is 13.7. The predicted octanol–water partition coefficient (Wildman–Crippen LogP) is 1.51. The van der Waals surface area contributed by atoms with Gasteiger partial charge in [0.15, 0.2) is 5.12 Å². The molecule has 0 radical (unpaired) electrons. The van der Waals surface area contributed by atoms with E-state index in [9.17, 15) is 19.4 Å². The van der Waals surface area contributed by atoms with Crippen LogP contribution in [0.1, 0.15) is 18.6 Å². The third-order valence-electron chi connectivity index (χ3n) is 2.34. The Bertz CT molecular complexity index is 425. The van der Waals surface area contributed by atoms with Crippen molar-refractivity contribution in [1.29, 1.82) is 0 Å². The lowest BCUT2D eigenvalue weighted by atomic mass is 10.0. The summed E-state index contributed by atoms with van der Waals surface area (Å²) in [5.74, 6) is -0.262. The SMILES string of the molecule is COc1cc(F)ccc1C(O)C(O)CSC(C)=O. The van der Waals surface area contributed by atoms with E-state index in [4.69, 9.17) is 4.74 Å². The van der Waals surface area contributed by atoms with Crippen molar-refractivity contribution < 1.29 is 24.1 Å². The van der Waals surface area contributed by atoms with Gasteiger partial charge in [-0.15, -0.1) is 0 Å². The first kappa shape index (κ1) is 14.9. The van der Waals surface area contributed by atoms with Crippen molar-refractivity contribution in [3.63, 3.8) is 0 Å². The molecule has 18 heavy (non-hydrogen) atoms. The molecule has 2 unspecified atom stereocenters. The van der Waals surface area contributed by atoms with Gasteiger partial charge in [0.05, 0.1) is 13.2 Å². The number of hydrogen-bond donors (Lipinski definition) is 2. The van der Waals surface area contributed by atoms with Crippen LogP contribution in [0.4, 0.5) is 4.39 Å². The van der Waals surface area contributed by atoms with Crippen LogP contribution in [0, 0.1) is 5.82 Å². The lowest BCUT2D eigenvalue weighted by molar-refractivity contribution is -0.109. The Morgan fingerprint density at radius 1 is 1.50 bits per heavy atom. The molecule has 0 aliphatic rings. The number of benzene rings is 1. The highest BCUT2D eigenvalue weighted by Crippen LogP contribution is 2.29. The van der Waals surface area contributed by atoms with E-state index in [1.807, 2.05) is 0 Å². The number of thioether (sulfide) groups is 1. The second-order valence-corrected chi connectivity index (χ2v) is 4.90.